The molecule has 0 spiro atoms. The summed E-state index contributed by atoms with van der Waals surface area (Å²) in [7, 11) is 0. The average Bonchev–Trinajstić information content (AvgIpc) is 3.15. The molecule has 2 N–H and O–H groups in total. The normalized spacial score (nSPS) is 12.8. The number of benzene rings is 3. The Labute approximate surface area is 218 Å². The molecule has 2 heterocycles. The summed E-state index contributed by atoms with van der Waals surface area (Å²) in [5.41, 5.74) is 5.28. The molecule has 0 fully saturated rings. The first-order valence-corrected chi connectivity index (χ1v) is 12.6. The predicted molar refractivity (Wildman–Crippen MR) is 144 cm³/mol. The minimum absolute atomic E-state index is 0.186. The van der Waals surface area contributed by atoms with Gasteiger partial charge < -0.3 is 5.32 Å². The first-order valence-electron chi connectivity index (χ1n) is 12.2. The van der Waals surface area contributed by atoms with Crippen molar-refractivity contribution in [2.24, 2.45) is 0 Å². The van der Waals surface area contributed by atoms with Crippen molar-refractivity contribution in [3.05, 3.63) is 105 Å². The van der Waals surface area contributed by atoms with Gasteiger partial charge in [0.2, 0.25) is 0 Å². The molecular formula is C28H26ClN5O3. The number of rotatable bonds is 10. The van der Waals surface area contributed by atoms with Crippen LogP contribution in [-0.2, 0) is 6.42 Å². The van der Waals surface area contributed by atoms with Gasteiger partial charge in [-0.3, -0.25) is 24.7 Å². The van der Waals surface area contributed by atoms with E-state index in [-0.39, 0.29) is 17.4 Å². The summed E-state index contributed by atoms with van der Waals surface area (Å²) in [6.07, 6.45) is 1.95. The van der Waals surface area contributed by atoms with Gasteiger partial charge in [-0.05, 0) is 68.4 Å². The minimum atomic E-state index is -0.230. The number of para-hydroxylation sites is 1. The highest BCUT2D eigenvalue weighted by Gasteiger charge is 2.34. The van der Waals surface area contributed by atoms with Crippen molar-refractivity contribution >= 4 is 40.0 Å². The first-order chi connectivity index (χ1) is 18.0. The van der Waals surface area contributed by atoms with Crippen molar-refractivity contribution in [1.29, 1.82) is 0 Å². The fourth-order valence-electron chi connectivity index (χ4n) is 4.43. The third-order valence-corrected chi connectivity index (χ3v) is 6.52. The smallest absolute Gasteiger partial charge is 0.280 e. The second kappa shape index (κ2) is 10.9. The van der Waals surface area contributed by atoms with Crippen molar-refractivity contribution in [2.75, 3.05) is 25.1 Å². The molecule has 0 bridgehead atoms. The number of imide groups is 1. The lowest BCUT2D eigenvalue weighted by Crippen LogP contribution is -2.33. The summed E-state index contributed by atoms with van der Waals surface area (Å²) < 4.78 is 1.49. The zero-order valence-corrected chi connectivity index (χ0v) is 20.9. The lowest BCUT2D eigenvalue weighted by atomic mass is 10.1. The van der Waals surface area contributed by atoms with E-state index in [0.29, 0.717) is 65.4 Å². The number of aryl methyl sites for hydroxylation is 1. The van der Waals surface area contributed by atoms with Crippen LogP contribution in [0.4, 0.5) is 5.69 Å². The van der Waals surface area contributed by atoms with E-state index in [1.54, 1.807) is 42.5 Å². The fraction of sp³-hybridized carbons (Fsp3) is 0.214. The third-order valence-electron chi connectivity index (χ3n) is 6.28. The molecular weight excluding hydrogens is 490 g/mol. The molecule has 4 aromatic rings. The number of nitrogens with zero attached hydrogens (tertiary/aromatic N) is 3. The molecule has 37 heavy (non-hydrogen) atoms. The molecule has 0 aliphatic carbocycles. The van der Waals surface area contributed by atoms with Crippen LogP contribution in [0.1, 0.15) is 39.4 Å². The van der Waals surface area contributed by atoms with E-state index >= 15 is 0 Å². The van der Waals surface area contributed by atoms with Gasteiger partial charge in [0.1, 0.15) is 5.82 Å². The van der Waals surface area contributed by atoms with Crippen LogP contribution >= 0.6 is 11.6 Å². The van der Waals surface area contributed by atoms with Crippen LogP contribution in [0.3, 0.4) is 0 Å². The van der Waals surface area contributed by atoms with E-state index in [9.17, 15) is 14.4 Å². The number of nitrogens with one attached hydrogen (secondary N) is 2. The summed E-state index contributed by atoms with van der Waals surface area (Å²) in [4.78, 5) is 44.2. The first kappa shape index (κ1) is 24.7. The number of anilines is 1. The summed E-state index contributed by atoms with van der Waals surface area (Å²) >= 11 is 6.14. The maximum Gasteiger partial charge on any atom is 0.280 e. The molecule has 2 amide bonds. The fourth-order valence-corrected chi connectivity index (χ4v) is 4.60. The summed E-state index contributed by atoms with van der Waals surface area (Å²) in [5, 5.41) is 4.37. The molecule has 1 aliphatic rings. The highest BCUT2D eigenvalue weighted by molar-refractivity contribution is 6.31. The molecule has 188 valence electrons. The molecule has 5 rings (SSSR count). The molecule has 1 aliphatic heterocycles. The van der Waals surface area contributed by atoms with Crippen molar-refractivity contribution in [2.45, 2.75) is 19.3 Å². The molecule has 0 saturated heterocycles. The largest absolute Gasteiger partial charge is 0.317 e. The van der Waals surface area contributed by atoms with E-state index in [4.69, 9.17) is 16.6 Å². The minimum Gasteiger partial charge on any atom is -0.317 e. The van der Waals surface area contributed by atoms with Crippen LogP contribution < -0.4 is 16.3 Å². The standard InChI is InChI=1S/C28H26ClN5O3/c29-19-13-14-23-24(18-19)31-25(34(28(23)37)32-20-8-2-1-3-9-20)12-6-15-30-16-7-17-33-26(35)21-10-4-5-11-22(21)27(33)36/h1-5,8-11,13-14,18,30,32H,6-7,12,15-17H2. The zero-order chi connectivity index (χ0) is 25.8. The van der Waals surface area contributed by atoms with E-state index in [1.807, 2.05) is 30.3 Å². The van der Waals surface area contributed by atoms with Crippen LogP contribution in [0.2, 0.25) is 5.02 Å². The number of amides is 2. The molecule has 1 aromatic heterocycles. The summed E-state index contributed by atoms with van der Waals surface area (Å²) in [6, 6.07) is 21.5. The number of aromatic nitrogens is 2. The third kappa shape index (κ3) is 5.26. The molecule has 3 aromatic carbocycles. The average molecular weight is 516 g/mol. The van der Waals surface area contributed by atoms with E-state index in [1.165, 1.54) is 9.58 Å². The van der Waals surface area contributed by atoms with Gasteiger partial charge in [0.15, 0.2) is 0 Å². The molecule has 0 atom stereocenters. The van der Waals surface area contributed by atoms with Crippen LogP contribution in [0.15, 0.2) is 77.6 Å². The van der Waals surface area contributed by atoms with Gasteiger partial charge in [0.05, 0.1) is 27.7 Å². The zero-order valence-electron chi connectivity index (χ0n) is 20.1. The Morgan fingerprint density at radius 2 is 1.49 bits per heavy atom. The predicted octanol–water partition coefficient (Wildman–Crippen LogP) is 4.13. The van der Waals surface area contributed by atoms with Crippen molar-refractivity contribution in [1.82, 2.24) is 19.9 Å². The Balaban J connectivity index is 1.18. The van der Waals surface area contributed by atoms with E-state index in [0.717, 1.165) is 12.1 Å². The topological polar surface area (TPSA) is 96.3 Å². The molecule has 9 heteroatoms. The van der Waals surface area contributed by atoms with Gasteiger partial charge in [0, 0.05) is 18.0 Å². The Morgan fingerprint density at radius 1 is 0.811 bits per heavy atom. The molecule has 0 saturated carbocycles. The van der Waals surface area contributed by atoms with Gasteiger partial charge in [-0.1, -0.05) is 41.9 Å². The van der Waals surface area contributed by atoms with Crippen LogP contribution in [0.5, 0.6) is 0 Å². The quantitative estimate of drug-likeness (QED) is 0.243. The lowest BCUT2D eigenvalue weighted by Gasteiger charge is -2.16. The monoisotopic (exact) mass is 515 g/mol. The van der Waals surface area contributed by atoms with E-state index < -0.39 is 0 Å². The maximum absolute atomic E-state index is 13.2. The molecule has 0 unspecified atom stereocenters. The SMILES string of the molecule is O=C1c2ccccc2C(=O)N1CCCNCCCc1nc2cc(Cl)ccc2c(=O)n1Nc1ccccc1. The van der Waals surface area contributed by atoms with Gasteiger partial charge in [-0.15, -0.1) is 0 Å². The van der Waals surface area contributed by atoms with Crippen molar-refractivity contribution in [3.8, 4) is 0 Å². The maximum atomic E-state index is 13.2. The van der Waals surface area contributed by atoms with Crippen LogP contribution in [-0.4, -0.2) is 46.0 Å². The second-order valence-corrected chi connectivity index (χ2v) is 9.26. The van der Waals surface area contributed by atoms with Crippen LogP contribution in [0, 0.1) is 0 Å². The highest BCUT2D eigenvalue weighted by Crippen LogP contribution is 2.22. The lowest BCUT2D eigenvalue weighted by molar-refractivity contribution is 0.0652. The number of hydrogen-bond donors (Lipinski definition) is 2. The molecule has 0 radical (unpaired) electrons. The number of carbonyl (C=O) groups is 2. The summed E-state index contributed by atoms with van der Waals surface area (Å²) in [5.74, 6) is 0.149. The Kier molecular flexibility index (Phi) is 7.30. The number of halogens is 1. The van der Waals surface area contributed by atoms with Gasteiger partial charge >= 0.3 is 0 Å². The number of fused-ring (bicyclic) bond motifs is 2. The number of hydrogen-bond acceptors (Lipinski definition) is 6. The Bertz CT molecular complexity index is 1480. The van der Waals surface area contributed by atoms with Crippen LogP contribution in [0.25, 0.3) is 10.9 Å². The number of carbonyl (C=O) groups excluding carboxylic acids is 2. The van der Waals surface area contributed by atoms with Gasteiger partial charge in [0.25, 0.3) is 17.4 Å². The van der Waals surface area contributed by atoms with Gasteiger partial charge in [-0.25, -0.2) is 9.66 Å². The van der Waals surface area contributed by atoms with E-state index in [2.05, 4.69) is 10.7 Å². The molecule has 8 nitrogen and oxygen atoms in total. The second-order valence-electron chi connectivity index (χ2n) is 8.82. The Morgan fingerprint density at radius 3 is 2.22 bits per heavy atom. The van der Waals surface area contributed by atoms with Gasteiger partial charge in [-0.2, -0.15) is 0 Å². The Hall–Kier alpha value is -4.01. The summed E-state index contributed by atoms with van der Waals surface area (Å²) in [6.45, 7) is 1.72. The highest BCUT2D eigenvalue weighted by atomic mass is 35.5. The van der Waals surface area contributed by atoms with Crippen molar-refractivity contribution in [3.63, 3.8) is 0 Å². The van der Waals surface area contributed by atoms with Crippen molar-refractivity contribution < 1.29 is 9.59 Å².